The molecule has 1 aromatic heterocycles. The van der Waals surface area contributed by atoms with Gasteiger partial charge in [0.1, 0.15) is 12.4 Å². The van der Waals surface area contributed by atoms with E-state index in [-0.39, 0.29) is 11.8 Å². The second-order valence-electron chi connectivity index (χ2n) is 8.23. The molecule has 2 heterocycles. The Morgan fingerprint density at radius 1 is 1.17 bits per heavy atom. The van der Waals surface area contributed by atoms with Crippen LogP contribution in [0.2, 0.25) is 5.02 Å². The van der Waals surface area contributed by atoms with Gasteiger partial charge in [0.2, 0.25) is 17.6 Å². The number of rotatable bonds is 10. The molecule has 2 aromatic carbocycles. The molecule has 1 atom stereocenters. The number of likely N-dealkylation sites (tertiary alicyclic amines) is 1. The molecule has 3 aromatic rings. The third kappa shape index (κ3) is 6.43. The van der Waals surface area contributed by atoms with Crippen LogP contribution in [0, 0.1) is 5.92 Å². The molecule has 1 saturated heterocycles. The van der Waals surface area contributed by atoms with Gasteiger partial charge in [0.05, 0.1) is 38.2 Å². The molecule has 0 radical (unpaired) electrons. The van der Waals surface area contributed by atoms with E-state index in [0.29, 0.717) is 60.2 Å². The summed E-state index contributed by atoms with van der Waals surface area (Å²) in [6, 6.07) is 12.7. The first-order valence-corrected chi connectivity index (χ1v) is 11.9. The number of nitrogens with one attached hydrogen (secondary N) is 1. The molecule has 0 bridgehead atoms. The van der Waals surface area contributed by atoms with E-state index >= 15 is 0 Å². The van der Waals surface area contributed by atoms with Crippen LogP contribution < -0.4 is 19.5 Å². The lowest BCUT2D eigenvalue weighted by molar-refractivity contribution is -0.126. The second-order valence-corrected chi connectivity index (χ2v) is 8.63. The Kier molecular flexibility index (Phi) is 8.44. The largest absolute Gasteiger partial charge is 0.493 e. The Labute approximate surface area is 209 Å². The zero-order valence-electron chi connectivity index (χ0n) is 19.8. The van der Waals surface area contributed by atoms with E-state index in [1.54, 1.807) is 32.4 Å². The van der Waals surface area contributed by atoms with Crippen LogP contribution in [0.5, 0.6) is 17.2 Å². The fraction of sp³-hybridized carbons (Fsp3) is 0.400. The zero-order valence-corrected chi connectivity index (χ0v) is 20.6. The molecule has 4 rings (SSSR count). The normalized spacial score (nSPS) is 16.0. The Balaban J connectivity index is 1.27. The van der Waals surface area contributed by atoms with Crippen molar-refractivity contribution in [3.05, 3.63) is 53.4 Å². The third-order valence-corrected chi connectivity index (χ3v) is 6.15. The number of para-hydroxylation sites is 1. The van der Waals surface area contributed by atoms with Crippen molar-refractivity contribution < 1.29 is 23.5 Å². The van der Waals surface area contributed by atoms with E-state index in [1.807, 2.05) is 24.3 Å². The molecule has 0 spiro atoms. The van der Waals surface area contributed by atoms with Crippen molar-refractivity contribution in [2.24, 2.45) is 5.92 Å². The standard InChI is InChI=1S/C25H29ClN4O5/c1-32-21-10-9-17(14-22(21)33-2)24-28-23(35-29-24)16-30-12-5-6-18(15-30)25(31)27-11-13-34-20-8-4-3-7-19(20)26/h3-4,7-10,14,18H,5-6,11-13,15-16H2,1-2H3,(H,27,31). The molecule has 186 valence electrons. The summed E-state index contributed by atoms with van der Waals surface area (Å²) in [4.78, 5) is 19.4. The molecule has 10 heteroatoms. The van der Waals surface area contributed by atoms with Gasteiger partial charge in [-0.2, -0.15) is 4.98 Å². The van der Waals surface area contributed by atoms with Gasteiger partial charge in [0, 0.05) is 12.1 Å². The zero-order chi connectivity index (χ0) is 24.6. The lowest BCUT2D eigenvalue weighted by Crippen LogP contribution is -2.43. The predicted octanol–water partition coefficient (Wildman–Crippen LogP) is 3.81. The summed E-state index contributed by atoms with van der Waals surface area (Å²) in [5.74, 6) is 2.74. The molecule has 9 nitrogen and oxygen atoms in total. The van der Waals surface area contributed by atoms with E-state index in [0.717, 1.165) is 24.9 Å². The summed E-state index contributed by atoms with van der Waals surface area (Å²) < 4.78 is 21.7. The number of aromatic nitrogens is 2. The van der Waals surface area contributed by atoms with Gasteiger partial charge in [-0.1, -0.05) is 28.9 Å². The quantitative estimate of drug-likeness (QED) is 0.419. The Morgan fingerprint density at radius 3 is 2.80 bits per heavy atom. The molecule has 1 fully saturated rings. The van der Waals surface area contributed by atoms with Crippen LogP contribution >= 0.6 is 11.6 Å². The van der Waals surface area contributed by atoms with E-state index in [9.17, 15) is 4.79 Å². The summed E-state index contributed by atoms with van der Waals surface area (Å²) in [6.07, 6.45) is 1.76. The highest BCUT2D eigenvalue weighted by Crippen LogP contribution is 2.31. The van der Waals surface area contributed by atoms with Crippen molar-refractivity contribution in [2.45, 2.75) is 19.4 Å². The molecule has 0 saturated carbocycles. The number of carbonyl (C=O) groups is 1. The van der Waals surface area contributed by atoms with Crippen LogP contribution in [0.25, 0.3) is 11.4 Å². The summed E-state index contributed by atoms with van der Waals surface area (Å²) in [5.41, 5.74) is 0.771. The fourth-order valence-corrected chi connectivity index (χ4v) is 4.25. The average Bonchev–Trinajstić information content (AvgIpc) is 3.35. The monoisotopic (exact) mass is 500 g/mol. The summed E-state index contributed by atoms with van der Waals surface area (Å²) in [5, 5.41) is 7.62. The van der Waals surface area contributed by atoms with Gasteiger partial charge in [-0.15, -0.1) is 0 Å². The summed E-state index contributed by atoms with van der Waals surface area (Å²) >= 11 is 6.09. The Hall–Kier alpha value is -3.30. The van der Waals surface area contributed by atoms with Gasteiger partial charge in [0.25, 0.3) is 0 Å². The minimum Gasteiger partial charge on any atom is -0.493 e. The van der Waals surface area contributed by atoms with Gasteiger partial charge in [-0.3, -0.25) is 9.69 Å². The fourth-order valence-electron chi connectivity index (χ4n) is 4.06. The topological polar surface area (TPSA) is 99.0 Å². The molecule has 1 aliphatic rings. The van der Waals surface area contributed by atoms with Crippen molar-refractivity contribution in [1.29, 1.82) is 0 Å². The molecular weight excluding hydrogens is 472 g/mol. The van der Waals surface area contributed by atoms with Gasteiger partial charge < -0.3 is 24.1 Å². The van der Waals surface area contributed by atoms with Crippen LogP contribution in [0.15, 0.2) is 47.0 Å². The maximum atomic E-state index is 12.7. The number of benzene rings is 2. The highest BCUT2D eigenvalue weighted by Gasteiger charge is 2.27. The third-order valence-electron chi connectivity index (χ3n) is 5.84. The van der Waals surface area contributed by atoms with Crippen molar-refractivity contribution in [3.8, 4) is 28.6 Å². The highest BCUT2D eigenvalue weighted by molar-refractivity contribution is 6.32. The smallest absolute Gasteiger partial charge is 0.241 e. The molecule has 1 N–H and O–H groups in total. The molecular formula is C25H29ClN4O5. The predicted molar refractivity (Wildman–Crippen MR) is 131 cm³/mol. The number of hydrogen-bond donors (Lipinski definition) is 1. The van der Waals surface area contributed by atoms with E-state index in [4.69, 9.17) is 30.3 Å². The number of ether oxygens (including phenoxy) is 3. The first-order chi connectivity index (χ1) is 17.1. The van der Waals surface area contributed by atoms with E-state index < -0.39 is 0 Å². The first-order valence-electron chi connectivity index (χ1n) is 11.5. The lowest BCUT2D eigenvalue weighted by atomic mass is 9.97. The first kappa shape index (κ1) is 24.8. The van der Waals surface area contributed by atoms with Crippen molar-refractivity contribution >= 4 is 17.5 Å². The number of amides is 1. The summed E-state index contributed by atoms with van der Waals surface area (Å²) in [6.45, 7) is 2.75. The maximum Gasteiger partial charge on any atom is 0.241 e. The van der Waals surface area contributed by atoms with Gasteiger partial charge >= 0.3 is 0 Å². The van der Waals surface area contributed by atoms with Crippen molar-refractivity contribution in [1.82, 2.24) is 20.4 Å². The minimum atomic E-state index is -0.0997. The number of nitrogens with zero attached hydrogens (tertiary/aromatic N) is 3. The van der Waals surface area contributed by atoms with Crippen LogP contribution in [0.1, 0.15) is 18.7 Å². The van der Waals surface area contributed by atoms with Crippen molar-refractivity contribution in [2.75, 3.05) is 40.5 Å². The van der Waals surface area contributed by atoms with Crippen LogP contribution in [0.4, 0.5) is 0 Å². The van der Waals surface area contributed by atoms with Crippen LogP contribution in [-0.4, -0.2) is 61.4 Å². The molecule has 35 heavy (non-hydrogen) atoms. The van der Waals surface area contributed by atoms with Gasteiger partial charge in [-0.05, 0) is 49.7 Å². The van der Waals surface area contributed by atoms with Gasteiger partial charge in [0.15, 0.2) is 11.5 Å². The number of methoxy groups -OCH3 is 2. The molecule has 1 amide bonds. The molecule has 0 aliphatic carbocycles. The number of halogens is 1. The lowest BCUT2D eigenvalue weighted by Gasteiger charge is -2.30. The Bertz CT molecular complexity index is 1140. The van der Waals surface area contributed by atoms with Crippen molar-refractivity contribution in [3.63, 3.8) is 0 Å². The SMILES string of the molecule is COc1ccc(-c2noc(CN3CCCC(C(=O)NCCOc4ccccc4Cl)C3)n2)cc1OC. The maximum absolute atomic E-state index is 12.7. The average molecular weight is 501 g/mol. The van der Waals surface area contributed by atoms with Crippen LogP contribution in [0.3, 0.4) is 0 Å². The minimum absolute atomic E-state index is 0.0222. The van der Waals surface area contributed by atoms with Crippen LogP contribution in [-0.2, 0) is 11.3 Å². The van der Waals surface area contributed by atoms with E-state index in [1.165, 1.54) is 0 Å². The van der Waals surface area contributed by atoms with E-state index in [2.05, 4.69) is 20.4 Å². The molecule has 1 unspecified atom stereocenters. The number of piperidine rings is 1. The Morgan fingerprint density at radius 2 is 2.00 bits per heavy atom. The van der Waals surface area contributed by atoms with Gasteiger partial charge in [-0.25, -0.2) is 0 Å². The molecule has 1 aliphatic heterocycles. The highest BCUT2D eigenvalue weighted by atomic mass is 35.5. The summed E-state index contributed by atoms with van der Waals surface area (Å²) in [7, 11) is 3.17. The number of carbonyl (C=O) groups excluding carboxylic acids is 1. The number of hydrogen-bond acceptors (Lipinski definition) is 8. The second kappa shape index (κ2) is 11.9.